The molecule has 0 aliphatic heterocycles. The number of aliphatic hydroxyl groups is 1. The summed E-state index contributed by atoms with van der Waals surface area (Å²) >= 11 is 3.38. The van der Waals surface area contributed by atoms with Crippen LogP contribution in [0, 0.1) is 0 Å². The van der Waals surface area contributed by atoms with E-state index in [0.717, 1.165) is 21.9 Å². The molecule has 3 aromatic rings. The van der Waals surface area contributed by atoms with Gasteiger partial charge in [0.15, 0.2) is 0 Å². The quantitative estimate of drug-likeness (QED) is 0.732. The zero-order chi connectivity index (χ0) is 15.4. The van der Waals surface area contributed by atoms with Gasteiger partial charge in [-0.1, -0.05) is 12.1 Å². The molecule has 1 unspecified atom stereocenters. The standard InChI is InChI=1S/C17H17NO2S2/c1-20-15-4-2-13(3-5-15)16(10-19)22-11-12-8-14-6-7-21-17(14)18-9-12/h2-9,16,19H,10-11H2,1H3. The summed E-state index contributed by atoms with van der Waals surface area (Å²) in [7, 11) is 1.65. The number of pyridine rings is 1. The first kappa shape index (κ1) is 15.3. The number of hydrogen-bond donors (Lipinski definition) is 1. The summed E-state index contributed by atoms with van der Waals surface area (Å²) in [5.74, 6) is 1.66. The molecule has 114 valence electrons. The maximum absolute atomic E-state index is 9.66. The van der Waals surface area contributed by atoms with Gasteiger partial charge in [-0.3, -0.25) is 0 Å². The Morgan fingerprint density at radius 3 is 2.82 bits per heavy atom. The van der Waals surface area contributed by atoms with Crippen molar-refractivity contribution in [1.82, 2.24) is 4.98 Å². The highest BCUT2D eigenvalue weighted by Gasteiger charge is 2.12. The van der Waals surface area contributed by atoms with Gasteiger partial charge in [0.1, 0.15) is 10.6 Å². The second-order valence-corrected chi connectivity index (χ2v) is 7.00. The van der Waals surface area contributed by atoms with E-state index in [1.54, 1.807) is 30.2 Å². The molecule has 0 aliphatic rings. The molecule has 2 aromatic heterocycles. The minimum Gasteiger partial charge on any atom is -0.497 e. The first-order valence-electron chi connectivity index (χ1n) is 6.98. The minimum absolute atomic E-state index is 0.0593. The average Bonchev–Trinajstić information content (AvgIpc) is 3.03. The highest BCUT2D eigenvalue weighted by Crippen LogP contribution is 2.32. The molecule has 3 rings (SSSR count). The Labute approximate surface area is 138 Å². The molecule has 0 radical (unpaired) electrons. The van der Waals surface area contributed by atoms with Gasteiger partial charge in [-0.15, -0.1) is 23.1 Å². The number of fused-ring (bicyclic) bond motifs is 1. The van der Waals surface area contributed by atoms with Crippen LogP contribution in [0.1, 0.15) is 16.4 Å². The van der Waals surface area contributed by atoms with E-state index in [0.29, 0.717) is 0 Å². The predicted octanol–water partition coefficient (Wildman–Crippen LogP) is 4.27. The first-order valence-corrected chi connectivity index (χ1v) is 8.91. The van der Waals surface area contributed by atoms with Gasteiger partial charge >= 0.3 is 0 Å². The third-order valence-electron chi connectivity index (χ3n) is 3.47. The van der Waals surface area contributed by atoms with E-state index < -0.39 is 0 Å². The molecule has 3 nitrogen and oxygen atoms in total. The molecule has 2 heterocycles. The molecule has 0 bridgehead atoms. The maximum atomic E-state index is 9.66. The van der Waals surface area contributed by atoms with E-state index in [4.69, 9.17) is 4.74 Å². The number of hydrogen-bond acceptors (Lipinski definition) is 5. The number of thioether (sulfide) groups is 1. The van der Waals surface area contributed by atoms with Crippen LogP contribution >= 0.6 is 23.1 Å². The number of nitrogens with zero attached hydrogens (tertiary/aromatic N) is 1. The summed E-state index contributed by atoms with van der Waals surface area (Å²) in [5, 5.41) is 13.0. The van der Waals surface area contributed by atoms with Crippen molar-refractivity contribution in [3.63, 3.8) is 0 Å². The predicted molar refractivity (Wildman–Crippen MR) is 93.7 cm³/mol. The summed E-state index contributed by atoms with van der Waals surface area (Å²) in [6, 6.07) is 12.1. The van der Waals surface area contributed by atoms with Crippen LogP contribution in [0.4, 0.5) is 0 Å². The van der Waals surface area contributed by atoms with E-state index >= 15 is 0 Å². The van der Waals surface area contributed by atoms with E-state index in [2.05, 4.69) is 22.5 Å². The van der Waals surface area contributed by atoms with Gasteiger partial charge in [0.25, 0.3) is 0 Å². The van der Waals surface area contributed by atoms with Gasteiger partial charge in [0.05, 0.1) is 19.0 Å². The number of aromatic nitrogens is 1. The fraction of sp³-hybridized carbons (Fsp3) is 0.235. The van der Waals surface area contributed by atoms with Crippen molar-refractivity contribution in [2.45, 2.75) is 11.0 Å². The molecule has 0 saturated heterocycles. The third-order valence-corrected chi connectivity index (χ3v) is 5.63. The van der Waals surface area contributed by atoms with Crippen LogP contribution in [0.15, 0.2) is 48.0 Å². The van der Waals surface area contributed by atoms with Crippen LogP contribution in [0.2, 0.25) is 0 Å². The highest BCUT2D eigenvalue weighted by atomic mass is 32.2. The monoisotopic (exact) mass is 331 g/mol. The summed E-state index contributed by atoms with van der Waals surface area (Å²) in [6.07, 6.45) is 1.92. The number of rotatable bonds is 6. The number of methoxy groups -OCH3 is 1. The third kappa shape index (κ3) is 3.43. The number of benzene rings is 1. The molecule has 0 aliphatic carbocycles. The van der Waals surface area contributed by atoms with Crippen molar-refractivity contribution in [3.05, 3.63) is 59.1 Å². The lowest BCUT2D eigenvalue weighted by molar-refractivity contribution is 0.296. The molecular formula is C17H17NO2S2. The first-order chi connectivity index (χ1) is 10.8. The van der Waals surface area contributed by atoms with E-state index in [-0.39, 0.29) is 11.9 Å². The Morgan fingerprint density at radius 1 is 1.27 bits per heavy atom. The van der Waals surface area contributed by atoms with Crippen LogP contribution < -0.4 is 4.74 Å². The van der Waals surface area contributed by atoms with Crippen molar-refractivity contribution >= 4 is 33.3 Å². The Bertz CT molecular complexity index is 740. The lowest BCUT2D eigenvalue weighted by Crippen LogP contribution is -2.00. The Hall–Kier alpha value is -1.56. The molecule has 0 spiro atoms. The summed E-state index contributed by atoms with van der Waals surface area (Å²) < 4.78 is 5.17. The zero-order valence-electron chi connectivity index (χ0n) is 12.2. The smallest absolute Gasteiger partial charge is 0.123 e. The van der Waals surface area contributed by atoms with Crippen LogP contribution in [0.3, 0.4) is 0 Å². The Balaban J connectivity index is 1.69. The molecule has 1 atom stereocenters. The van der Waals surface area contributed by atoms with Gasteiger partial charge in [0.2, 0.25) is 0 Å². The average molecular weight is 331 g/mol. The molecule has 1 aromatic carbocycles. The number of thiophene rings is 1. The number of aliphatic hydroxyl groups excluding tert-OH is 1. The largest absolute Gasteiger partial charge is 0.497 e. The maximum Gasteiger partial charge on any atom is 0.123 e. The Morgan fingerprint density at radius 2 is 2.09 bits per heavy atom. The normalized spacial score (nSPS) is 12.5. The van der Waals surface area contributed by atoms with Gasteiger partial charge < -0.3 is 9.84 Å². The minimum atomic E-state index is 0.0593. The number of ether oxygens (including phenoxy) is 1. The van der Waals surface area contributed by atoms with Crippen molar-refractivity contribution < 1.29 is 9.84 Å². The van der Waals surface area contributed by atoms with Crippen LogP contribution in [0.5, 0.6) is 5.75 Å². The van der Waals surface area contributed by atoms with Gasteiger partial charge in [0, 0.05) is 17.3 Å². The van der Waals surface area contributed by atoms with Crippen molar-refractivity contribution in [2.24, 2.45) is 0 Å². The van der Waals surface area contributed by atoms with Crippen molar-refractivity contribution in [1.29, 1.82) is 0 Å². The molecule has 0 fully saturated rings. The van der Waals surface area contributed by atoms with Gasteiger partial charge in [-0.25, -0.2) is 4.98 Å². The lowest BCUT2D eigenvalue weighted by Gasteiger charge is -2.14. The molecule has 5 heteroatoms. The van der Waals surface area contributed by atoms with Crippen LogP contribution in [-0.2, 0) is 5.75 Å². The summed E-state index contributed by atoms with van der Waals surface area (Å²) in [6.45, 7) is 0.116. The molecule has 0 saturated carbocycles. The van der Waals surface area contributed by atoms with Crippen molar-refractivity contribution in [2.75, 3.05) is 13.7 Å². The Kier molecular flexibility index (Phi) is 4.97. The van der Waals surface area contributed by atoms with Gasteiger partial charge in [-0.05, 0) is 40.8 Å². The van der Waals surface area contributed by atoms with Crippen LogP contribution in [0.25, 0.3) is 10.2 Å². The molecular weight excluding hydrogens is 314 g/mol. The summed E-state index contributed by atoms with van der Waals surface area (Å²) in [5.41, 5.74) is 2.29. The van der Waals surface area contributed by atoms with Crippen LogP contribution in [-0.4, -0.2) is 23.8 Å². The molecule has 1 N–H and O–H groups in total. The van der Waals surface area contributed by atoms with E-state index in [1.165, 1.54) is 10.9 Å². The van der Waals surface area contributed by atoms with E-state index in [1.807, 2.05) is 30.5 Å². The SMILES string of the molecule is COc1ccc(C(CO)SCc2cnc3sccc3c2)cc1. The topological polar surface area (TPSA) is 42.4 Å². The fourth-order valence-electron chi connectivity index (χ4n) is 2.25. The second-order valence-electron chi connectivity index (χ2n) is 4.91. The lowest BCUT2D eigenvalue weighted by atomic mass is 10.1. The summed E-state index contributed by atoms with van der Waals surface area (Å²) in [4.78, 5) is 5.54. The second kappa shape index (κ2) is 7.13. The molecule has 22 heavy (non-hydrogen) atoms. The van der Waals surface area contributed by atoms with Crippen molar-refractivity contribution in [3.8, 4) is 5.75 Å². The molecule has 0 amide bonds. The highest BCUT2D eigenvalue weighted by molar-refractivity contribution is 7.98. The fourth-order valence-corrected chi connectivity index (χ4v) is 3.98. The van der Waals surface area contributed by atoms with Gasteiger partial charge in [-0.2, -0.15) is 0 Å². The van der Waals surface area contributed by atoms with E-state index in [9.17, 15) is 5.11 Å². The zero-order valence-corrected chi connectivity index (χ0v) is 13.9.